The number of aromatic amines is 1. The summed E-state index contributed by atoms with van der Waals surface area (Å²) in [5, 5.41) is 4.17. The maximum Gasteiger partial charge on any atom is 0.274 e. The van der Waals surface area contributed by atoms with Gasteiger partial charge in [0, 0.05) is 24.2 Å². The van der Waals surface area contributed by atoms with E-state index < -0.39 is 0 Å². The molecule has 0 bridgehead atoms. The van der Waals surface area contributed by atoms with Crippen LogP contribution in [0.25, 0.3) is 17.0 Å². The molecular formula is C13H11N5O2. The van der Waals surface area contributed by atoms with Crippen molar-refractivity contribution in [3.8, 4) is 11.4 Å². The molecular weight excluding hydrogens is 258 g/mol. The summed E-state index contributed by atoms with van der Waals surface area (Å²) in [5.74, 6) is 0. The first kappa shape index (κ1) is 12.2. The lowest BCUT2D eigenvalue weighted by Crippen LogP contribution is -2.15. The van der Waals surface area contributed by atoms with E-state index >= 15 is 0 Å². The van der Waals surface area contributed by atoms with Crippen molar-refractivity contribution < 1.29 is 4.79 Å². The van der Waals surface area contributed by atoms with Crippen molar-refractivity contribution in [1.29, 1.82) is 0 Å². The lowest BCUT2D eigenvalue weighted by molar-refractivity contribution is 0.112. The molecule has 0 saturated heterocycles. The summed E-state index contributed by atoms with van der Waals surface area (Å²) in [6.07, 6.45) is 5.87. The van der Waals surface area contributed by atoms with E-state index in [0.29, 0.717) is 35.3 Å². The molecule has 0 aromatic carbocycles. The summed E-state index contributed by atoms with van der Waals surface area (Å²) in [4.78, 5) is 34.5. The Morgan fingerprint density at radius 1 is 1.40 bits per heavy atom. The first-order valence-corrected chi connectivity index (χ1v) is 6.11. The van der Waals surface area contributed by atoms with Gasteiger partial charge in [-0.2, -0.15) is 9.61 Å². The minimum absolute atomic E-state index is 0.283. The number of aryl methyl sites for hydroxylation is 1. The normalized spacial score (nSPS) is 10.8. The molecule has 100 valence electrons. The van der Waals surface area contributed by atoms with E-state index in [2.05, 4.69) is 20.1 Å². The standard InChI is InChI=1S/C13H11N5O2/c1-2-8-5-11(20)18-13(16-8)9(7-19)12(17-18)10-6-14-3-4-15-10/h3-7,16H,2H2,1H3. The highest BCUT2D eigenvalue weighted by atomic mass is 16.1. The molecule has 0 aliphatic carbocycles. The predicted molar refractivity (Wildman–Crippen MR) is 71.6 cm³/mol. The summed E-state index contributed by atoms with van der Waals surface area (Å²) < 4.78 is 1.17. The zero-order valence-corrected chi connectivity index (χ0v) is 10.7. The quantitative estimate of drug-likeness (QED) is 0.712. The highest BCUT2D eigenvalue weighted by Crippen LogP contribution is 2.20. The summed E-state index contributed by atoms with van der Waals surface area (Å²) >= 11 is 0. The van der Waals surface area contributed by atoms with Crippen molar-refractivity contribution in [3.63, 3.8) is 0 Å². The van der Waals surface area contributed by atoms with Crippen LogP contribution in [-0.4, -0.2) is 30.9 Å². The van der Waals surface area contributed by atoms with Crippen molar-refractivity contribution in [2.45, 2.75) is 13.3 Å². The van der Waals surface area contributed by atoms with Gasteiger partial charge in [-0.1, -0.05) is 6.92 Å². The van der Waals surface area contributed by atoms with Gasteiger partial charge in [0.25, 0.3) is 5.56 Å². The van der Waals surface area contributed by atoms with E-state index in [1.54, 1.807) is 0 Å². The number of hydrogen-bond acceptors (Lipinski definition) is 5. The van der Waals surface area contributed by atoms with E-state index in [1.165, 1.54) is 29.2 Å². The molecule has 20 heavy (non-hydrogen) atoms. The SMILES string of the molecule is CCc1cc(=O)n2nc(-c3cnccn3)c(C=O)c2[nH]1. The number of carbonyl (C=O) groups is 1. The Kier molecular flexibility index (Phi) is 2.86. The zero-order valence-electron chi connectivity index (χ0n) is 10.7. The van der Waals surface area contributed by atoms with E-state index in [0.717, 1.165) is 5.69 Å². The van der Waals surface area contributed by atoms with Gasteiger partial charge in [-0.3, -0.25) is 19.6 Å². The number of nitrogens with zero attached hydrogens (tertiary/aromatic N) is 4. The van der Waals surface area contributed by atoms with Gasteiger partial charge in [0.05, 0.1) is 11.8 Å². The topological polar surface area (TPSA) is 93.0 Å². The van der Waals surface area contributed by atoms with Gasteiger partial charge in [-0.25, -0.2) is 0 Å². The van der Waals surface area contributed by atoms with Crippen LogP contribution in [-0.2, 0) is 6.42 Å². The minimum atomic E-state index is -0.283. The van der Waals surface area contributed by atoms with Crippen LogP contribution in [0.4, 0.5) is 0 Å². The smallest absolute Gasteiger partial charge is 0.274 e. The first-order valence-electron chi connectivity index (χ1n) is 6.11. The zero-order chi connectivity index (χ0) is 14.1. The fourth-order valence-electron chi connectivity index (χ4n) is 2.02. The molecule has 3 rings (SSSR count). The molecule has 1 N–H and O–H groups in total. The van der Waals surface area contributed by atoms with Gasteiger partial charge in [0.1, 0.15) is 17.0 Å². The van der Waals surface area contributed by atoms with E-state index in [1.807, 2.05) is 6.92 Å². The molecule has 3 heterocycles. The highest BCUT2D eigenvalue weighted by molar-refractivity contribution is 5.92. The molecule has 0 spiro atoms. The van der Waals surface area contributed by atoms with Gasteiger partial charge in [0.15, 0.2) is 6.29 Å². The number of nitrogens with one attached hydrogen (secondary N) is 1. The van der Waals surface area contributed by atoms with Crippen LogP contribution in [0.15, 0.2) is 29.5 Å². The van der Waals surface area contributed by atoms with E-state index in [9.17, 15) is 9.59 Å². The number of carbonyl (C=O) groups excluding carboxylic acids is 1. The molecule has 0 aliphatic heterocycles. The largest absolute Gasteiger partial charge is 0.343 e. The van der Waals surface area contributed by atoms with Crippen molar-refractivity contribution in [3.05, 3.63) is 46.3 Å². The Balaban J connectivity index is 2.38. The molecule has 7 heteroatoms. The van der Waals surface area contributed by atoms with Gasteiger partial charge in [-0.15, -0.1) is 0 Å². The van der Waals surface area contributed by atoms with Crippen molar-refractivity contribution in [1.82, 2.24) is 24.6 Å². The van der Waals surface area contributed by atoms with E-state index in [-0.39, 0.29) is 5.56 Å². The minimum Gasteiger partial charge on any atom is -0.343 e. The monoisotopic (exact) mass is 269 g/mol. The second-order valence-electron chi connectivity index (χ2n) is 4.22. The lowest BCUT2D eigenvalue weighted by Gasteiger charge is -1.98. The fraction of sp³-hybridized carbons (Fsp3) is 0.154. The molecule has 0 saturated carbocycles. The number of hydrogen-bond donors (Lipinski definition) is 1. The summed E-state index contributed by atoms with van der Waals surface area (Å²) in [5.41, 5.74) is 1.94. The third-order valence-electron chi connectivity index (χ3n) is 3.01. The average molecular weight is 269 g/mol. The summed E-state index contributed by atoms with van der Waals surface area (Å²) in [6, 6.07) is 1.47. The van der Waals surface area contributed by atoms with Crippen LogP contribution in [0, 0.1) is 0 Å². The van der Waals surface area contributed by atoms with Crippen LogP contribution in [0.5, 0.6) is 0 Å². The molecule has 0 aliphatic rings. The Bertz CT molecular complexity index is 835. The lowest BCUT2D eigenvalue weighted by atomic mass is 10.2. The number of H-pyrrole nitrogens is 1. The van der Waals surface area contributed by atoms with Crippen LogP contribution < -0.4 is 5.56 Å². The third-order valence-corrected chi connectivity index (χ3v) is 3.01. The fourth-order valence-corrected chi connectivity index (χ4v) is 2.02. The number of aldehydes is 1. The Labute approximate surface area is 113 Å². The van der Waals surface area contributed by atoms with Crippen LogP contribution >= 0.6 is 0 Å². The molecule has 7 nitrogen and oxygen atoms in total. The molecule has 0 radical (unpaired) electrons. The Morgan fingerprint density at radius 2 is 2.25 bits per heavy atom. The predicted octanol–water partition coefficient (Wildman–Crippen LogP) is 0.854. The molecule has 0 fully saturated rings. The van der Waals surface area contributed by atoms with Gasteiger partial charge >= 0.3 is 0 Å². The van der Waals surface area contributed by atoms with Crippen LogP contribution in [0.2, 0.25) is 0 Å². The van der Waals surface area contributed by atoms with Crippen molar-refractivity contribution >= 4 is 11.9 Å². The number of fused-ring (bicyclic) bond motifs is 1. The second kappa shape index (κ2) is 4.69. The number of aromatic nitrogens is 5. The van der Waals surface area contributed by atoms with Crippen molar-refractivity contribution in [2.75, 3.05) is 0 Å². The third kappa shape index (κ3) is 1.80. The van der Waals surface area contributed by atoms with Gasteiger partial charge in [-0.05, 0) is 6.42 Å². The maximum absolute atomic E-state index is 12.0. The Morgan fingerprint density at radius 3 is 2.90 bits per heavy atom. The van der Waals surface area contributed by atoms with Crippen molar-refractivity contribution in [2.24, 2.45) is 0 Å². The van der Waals surface area contributed by atoms with Crippen LogP contribution in [0.1, 0.15) is 23.0 Å². The molecule has 0 atom stereocenters. The molecule has 3 aromatic heterocycles. The van der Waals surface area contributed by atoms with Crippen LogP contribution in [0.3, 0.4) is 0 Å². The average Bonchev–Trinajstić information content (AvgIpc) is 2.87. The maximum atomic E-state index is 12.0. The number of rotatable bonds is 3. The molecule has 3 aromatic rings. The summed E-state index contributed by atoms with van der Waals surface area (Å²) in [7, 11) is 0. The summed E-state index contributed by atoms with van der Waals surface area (Å²) in [6.45, 7) is 1.92. The van der Waals surface area contributed by atoms with Gasteiger partial charge in [0.2, 0.25) is 0 Å². The van der Waals surface area contributed by atoms with E-state index in [4.69, 9.17) is 0 Å². The second-order valence-corrected chi connectivity index (χ2v) is 4.22. The molecule has 0 unspecified atom stereocenters. The van der Waals surface area contributed by atoms with Gasteiger partial charge < -0.3 is 4.98 Å². The first-order chi connectivity index (χ1) is 9.74. The molecule has 0 amide bonds. The Hall–Kier alpha value is -2.83. The highest BCUT2D eigenvalue weighted by Gasteiger charge is 2.17.